The molecule has 0 saturated heterocycles. The molecule has 0 aliphatic heterocycles. The molecule has 0 atom stereocenters. The van der Waals surface area contributed by atoms with Gasteiger partial charge >= 0.3 is 0 Å². The number of pyridine rings is 2. The average molecular weight is 284 g/mol. The van der Waals surface area contributed by atoms with E-state index in [2.05, 4.69) is 15.3 Å². The van der Waals surface area contributed by atoms with Gasteiger partial charge in [-0.15, -0.1) is 0 Å². The van der Waals surface area contributed by atoms with E-state index in [-0.39, 0.29) is 5.91 Å². The van der Waals surface area contributed by atoms with Gasteiger partial charge in [0.2, 0.25) is 0 Å². The number of hydrogen-bond acceptors (Lipinski definition) is 4. The highest BCUT2D eigenvalue weighted by molar-refractivity contribution is 5.98. The Hall–Kier alpha value is -2.43. The number of anilines is 1. The topological polar surface area (TPSA) is 58.1 Å². The first-order valence-electron chi connectivity index (χ1n) is 7.13. The van der Waals surface area contributed by atoms with Gasteiger partial charge in [-0.2, -0.15) is 0 Å². The average Bonchev–Trinajstić information content (AvgIpc) is 2.54. The zero-order valence-electron chi connectivity index (χ0n) is 12.4. The number of aromatic nitrogens is 2. The predicted octanol–water partition coefficient (Wildman–Crippen LogP) is 2.57. The van der Waals surface area contributed by atoms with Gasteiger partial charge in [-0.25, -0.2) is 4.98 Å². The van der Waals surface area contributed by atoms with E-state index < -0.39 is 0 Å². The lowest BCUT2D eigenvalue weighted by Crippen LogP contribution is -2.31. The summed E-state index contributed by atoms with van der Waals surface area (Å²) in [7, 11) is 0. The molecule has 0 unspecified atom stereocenters. The zero-order valence-corrected chi connectivity index (χ0v) is 12.4. The summed E-state index contributed by atoms with van der Waals surface area (Å²) in [5.74, 6) is 0.622. The van der Waals surface area contributed by atoms with Crippen LogP contribution < -0.4 is 5.32 Å². The Morgan fingerprint density at radius 1 is 1.19 bits per heavy atom. The third-order valence-electron chi connectivity index (χ3n) is 3.17. The molecule has 2 rings (SSSR count). The number of carbonyl (C=O) groups excluding carboxylic acids is 1. The van der Waals surface area contributed by atoms with Gasteiger partial charge in [-0.3, -0.25) is 9.78 Å². The van der Waals surface area contributed by atoms with Crippen LogP contribution in [-0.2, 0) is 6.54 Å². The quantitative estimate of drug-likeness (QED) is 0.885. The minimum atomic E-state index is -0.0154. The third-order valence-corrected chi connectivity index (χ3v) is 3.17. The number of nitrogens with one attached hydrogen (secondary N) is 1. The molecule has 0 aromatic carbocycles. The molecule has 0 bridgehead atoms. The molecule has 5 heteroatoms. The molecule has 1 amide bonds. The molecular formula is C16H20N4O. The summed E-state index contributed by atoms with van der Waals surface area (Å²) in [4.78, 5) is 22.7. The van der Waals surface area contributed by atoms with Gasteiger partial charge in [-0.05, 0) is 43.7 Å². The van der Waals surface area contributed by atoms with Crippen molar-refractivity contribution in [1.82, 2.24) is 14.9 Å². The van der Waals surface area contributed by atoms with E-state index in [0.29, 0.717) is 24.5 Å². The molecule has 21 heavy (non-hydrogen) atoms. The van der Waals surface area contributed by atoms with Gasteiger partial charge in [0, 0.05) is 38.2 Å². The number of nitrogens with zero attached hydrogens (tertiary/aromatic N) is 3. The summed E-state index contributed by atoms with van der Waals surface area (Å²) < 4.78 is 0. The molecule has 0 aliphatic rings. The highest BCUT2D eigenvalue weighted by Gasteiger charge is 2.18. The Morgan fingerprint density at radius 3 is 2.62 bits per heavy atom. The minimum Gasteiger partial charge on any atom is -0.370 e. The van der Waals surface area contributed by atoms with Crippen LogP contribution in [0.5, 0.6) is 0 Å². The van der Waals surface area contributed by atoms with Crippen LogP contribution in [0.15, 0.2) is 42.9 Å². The molecule has 2 heterocycles. The van der Waals surface area contributed by atoms with Crippen molar-refractivity contribution in [2.75, 3.05) is 18.4 Å². The summed E-state index contributed by atoms with van der Waals surface area (Å²) in [6.07, 6.45) is 5.16. The summed E-state index contributed by atoms with van der Waals surface area (Å²) in [5.41, 5.74) is 1.67. The fraction of sp³-hybridized carbons (Fsp3) is 0.312. The van der Waals surface area contributed by atoms with Gasteiger partial charge < -0.3 is 10.2 Å². The van der Waals surface area contributed by atoms with E-state index in [1.165, 1.54) is 0 Å². The predicted molar refractivity (Wildman–Crippen MR) is 83.1 cm³/mol. The molecule has 0 aliphatic carbocycles. The second-order valence-electron chi connectivity index (χ2n) is 4.60. The van der Waals surface area contributed by atoms with E-state index in [1.807, 2.05) is 32.0 Å². The molecule has 0 saturated carbocycles. The van der Waals surface area contributed by atoms with E-state index >= 15 is 0 Å². The Morgan fingerprint density at radius 2 is 1.95 bits per heavy atom. The lowest BCUT2D eigenvalue weighted by Gasteiger charge is -2.22. The van der Waals surface area contributed by atoms with Crippen molar-refractivity contribution in [2.45, 2.75) is 20.4 Å². The maximum atomic E-state index is 12.7. The maximum Gasteiger partial charge on any atom is 0.257 e. The van der Waals surface area contributed by atoms with Gasteiger partial charge in [-0.1, -0.05) is 0 Å². The molecular weight excluding hydrogens is 264 g/mol. The Labute approximate surface area is 125 Å². The monoisotopic (exact) mass is 284 g/mol. The van der Waals surface area contributed by atoms with Crippen molar-refractivity contribution in [2.24, 2.45) is 0 Å². The molecule has 0 fully saturated rings. The molecule has 5 nitrogen and oxygen atoms in total. The molecule has 110 valence electrons. The zero-order chi connectivity index (χ0) is 15.1. The highest BCUT2D eigenvalue weighted by atomic mass is 16.2. The first-order chi connectivity index (χ1) is 10.3. The number of hydrogen-bond donors (Lipinski definition) is 1. The van der Waals surface area contributed by atoms with Crippen LogP contribution in [0.3, 0.4) is 0 Å². The van der Waals surface area contributed by atoms with Gasteiger partial charge in [0.15, 0.2) is 0 Å². The summed E-state index contributed by atoms with van der Waals surface area (Å²) in [6, 6.07) is 7.44. The molecule has 0 radical (unpaired) electrons. The first-order valence-corrected chi connectivity index (χ1v) is 7.13. The van der Waals surface area contributed by atoms with Crippen LogP contribution in [0.25, 0.3) is 0 Å². The van der Waals surface area contributed by atoms with Crippen LogP contribution in [0, 0.1) is 0 Å². The lowest BCUT2D eigenvalue weighted by molar-refractivity contribution is 0.0753. The second kappa shape index (κ2) is 7.38. The SMILES string of the molecule is CCNc1ncccc1C(=O)N(CC)Cc1ccncc1. The fourth-order valence-electron chi connectivity index (χ4n) is 2.09. The smallest absolute Gasteiger partial charge is 0.257 e. The van der Waals surface area contributed by atoms with E-state index in [4.69, 9.17) is 0 Å². The minimum absolute atomic E-state index is 0.0154. The maximum absolute atomic E-state index is 12.7. The first kappa shape index (κ1) is 15.0. The van der Waals surface area contributed by atoms with Crippen molar-refractivity contribution in [3.05, 3.63) is 54.0 Å². The molecule has 0 spiro atoms. The number of amides is 1. The second-order valence-corrected chi connectivity index (χ2v) is 4.60. The van der Waals surface area contributed by atoms with E-state index in [1.54, 1.807) is 29.6 Å². The van der Waals surface area contributed by atoms with Crippen molar-refractivity contribution in [3.8, 4) is 0 Å². The van der Waals surface area contributed by atoms with Gasteiger partial charge in [0.05, 0.1) is 5.56 Å². The van der Waals surface area contributed by atoms with E-state index in [9.17, 15) is 4.79 Å². The fourth-order valence-corrected chi connectivity index (χ4v) is 2.09. The molecule has 1 N–H and O–H groups in total. The van der Waals surface area contributed by atoms with Gasteiger partial charge in [0.1, 0.15) is 5.82 Å². The number of rotatable bonds is 6. The highest BCUT2D eigenvalue weighted by Crippen LogP contribution is 2.15. The number of carbonyl (C=O) groups is 1. The van der Waals surface area contributed by atoms with Crippen molar-refractivity contribution in [3.63, 3.8) is 0 Å². The Kier molecular flexibility index (Phi) is 5.26. The summed E-state index contributed by atoms with van der Waals surface area (Å²) in [6.45, 7) is 5.90. The molecule has 2 aromatic heterocycles. The van der Waals surface area contributed by atoms with Crippen LogP contribution >= 0.6 is 0 Å². The lowest BCUT2D eigenvalue weighted by atomic mass is 10.2. The Bertz CT molecular complexity index is 586. The standard InChI is InChI=1S/C16H20N4O/c1-3-18-15-14(6-5-9-19-15)16(21)20(4-2)12-13-7-10-17-11-8-13/h5-11H,3-4,12H2,1-2H3,(H,18,19). The molecule has 2 aromatic rings. The van der Waals surface area contributed by atoms with Crippen LogP contribution in [-0.4, -0.2) is 33.9 Å². The third kappa shape index (κ3) is 3.78. The van der Waals surface area contributed by atoms with E-state index in [0.717, 1.165) is 12.1 Å². The van der Waals surface area contributed by atoms with Crippen molar-refractivity contribution in [1.29, 1.82) is 0 Å². The normalized spacial score (nSPS) is 10.2. The largest absolute Gasteiger partial charge is 0.370 e. The van der Waals surface area contributed by atoms with Crippen molar-refractivity contribution >= 4 is 11.7 Å². The van der Waals surface area contributed by atoms with Crippen LogP contribution in [0.2, 0.25) is 0 Å². The van der Waals surface area contributed by atoms with Gasteiger partial charge in [0.25, 0.3) is 5.91 Å². The Balaban J connectivity index is 2.20. The summed E-state index contributed by atoms with van der Waals surface area (Å²) >= 11 is 0. The van der Waals surface area contributed by atoms with Crippen LogP contribution in [0.4, 0.5) is 5.82 Å². The van der Waals surface area contributed by atoms with Crippen LogP contribution in [0.1, 0.15) is 29.8 Å². The van der Waals surface area contributed by atoms with Crippen molar-refractivity contribution < 1.29 is 4.79 Å². The summed E-state index contributed by atoms with van der Waals surface area (Å²) in [5, 5.41) is 3.13.